The van der Waals surface area contributed by atoms with Crippen molar-refractivity contribution < 1.29 is 4.79 Å². The Kier molecular flexibility index (Phi) is 4.22. The van der Waals surface area contributed by atoms with Crippen LogP contribution in [0, 0.1) is 11.3 Å². The van der Waals surface area contributed by atoms with Gasteiger partial charge in [-0.1, -0.05) is 30.0 Å². The smallest absolute Gasteiger partial charge is 0.235 e. The molecule has 7 nitrogen and oxygen atoms in total. The molecule has 3 aromatic heterocycles. The maximum absolute atomic E-state index is 12.4. The number of anilines is 1. The first-order chi connectivity index (χ1) is 13.7. The number of hydrogen-bond acceptors (Lipinski definition) is 7. The molecule has 0 fully saturated rings. The van der Waals surface area contributed by atoms with Crippen LogP contribution in [0.1, 0.15) is 22.4 Å². The number of benzene rings is 1. The van der Waals surface area contributed by atoms with E-state index in [2.05, 4.69) is 31.6 Å². The third-order valence-corrected chi connectivity index (χ3v) is 6.77. The summed E-state index contributed by atoms with van der Waals surface area (Å²) in [7, 11) is 0. The second kappa shape index (κ2) is 6.89. The fraction of sp³-hybridized carbons (Fsp3) is 0.211. The van der Waals surface area contributed by atoms with E-state index in [1.807, 2.05) is 24.3 Å². The van der Waals surface area contributed by atoms with Crippen molar-refractivity contribution in [3.05, 3.63) is 40.3 Å². The summed E-state index contributed by atoms with van der Waals surface area (Å²) in [5.74, 6) is -0.0253. The number of H-pyrrole nitrogens is 1. The average molecular weight is 406 g/mol. The molecule has 4 aromatic rings. The molecule has 1 aromatic carbocycles. The summed E-state index contributed by atoms with van der Waals surface area (Å²) in [4.78, 5) is 21.3. The highest BCUT2D eigenvalue weighted by atomic mass is 32.2. The van der Waals surface area contributed by atoms with Crippen molar-refractivity contribution in [3.63, 3.8) is 0 Å². The normalized spacial score (nSPS) is 13.0. The molecule has 1 aliphatic rings. The van der Waals surface area contributed by atoms with Crippen LogP contribution in [0.2, 0.25) is 0 Å². The minimum atomic E-state index is -0.179. The number of rotatable bonds is 4. The molecule has 0 atom stereocenters. The lowest BCUT2D eigenvalue weighted by Crippen LogP contribution is -2.14. The summed E-state index contributed by atoms with van der Waals surface area (Å²) in [5.41, 5.74) is 4.05. The summed E-state index contributed by atoms with van der Waals surface area (Å²) in [6, 6.07) is 10.1. The van der Waals surface area contributed by atoms with Gasteiger partial charge < -0.3 is 10.3 Å². The van der Waals surface area contributed by atoms with E-state index in [-0.39, 0.29) is 11.7 Å². The summed E-state index contributed by atoms with van der Waals surface area (Å²) >= 11 is 2.74. The number of nitrogens with zero attached hydrogens (tertiary/aromatic N) is 4. The van der Waals surface area contributed by atoms with E-state index in [0.717, 1.165) is 41.2 Å². The molecule has 1 amide bonds. The number of fused-ring (bicyclic) bond motifs is 4. The third kappa shape index (κ3) is 2.91. The molecular weight excluding hydrogens is 392 g/mol. The van der Waals surface area contributed by atoms with Crippen LogP contribution in [0.4, 0.5) is 5.00 Å². The van der Waals surface area contributed by atoms with E-state index in [9.17, 15) is 10.1 Å². The standard InChI is InChI=1S/C19H14N6OS2/c20-8-12-10-5-3-7-14(10)28-18(12)22-15(26)9-27-19-23-17-16(24-25-19)11-4-1-2-6-13(11)21-17/h1-2,4,6H,3,5,7,9H2,(H,22,26)(H,21,23,25). The van der Waals surface area contributed by atoms with Crippen LogP contribution in [-0.2, 0) is 17.6 Å². The van der Waals surface area contributed by atoms with Crippen LogP contribution < -0.4 is 5.32 Å². The largest absolute Gasteiger partial charge is 0.338 e. The molecule has 9 heteroatoms. The Balaban J connectivity index is 1.30. The molecule has 0 radical (unpaired) electrons. The van der Waals surface area contributed by atoms with Crippen molar-refractivity contribution in [2.75, 3.05) is 11.1 Å². The van der Waals surface area contributed by atoms with E-state index in [4.69, 9.17) is 0 Å². The topological polar surface area (TPSA) is 107 Å². The van der Waals surface area contributed by atoms with Gasteiger partial charge in [0.15, 0.2) is 5.65 Å². The summed E-state index contributed by atoms with van der Waals surface area (Å²) < 4.78 is 0. The van der Waals surface area contributed by atoms with Crippen LogP contribution in [-0.4, -0.2) is 31.8 Å². The highest BCUT2D eigenvalue weighted by Crippen LogP contribution is 2.38. The predicted molar refractivity (Wildman–Crippen MR) is 110 cm³/mol. The Bertz CT molecular complexity index is 1270. The van der Waals surface area contributed by atoms with Crippen molar-refractivity contribution in [3.8, 4) is 6.07 Å². The van der Waals surface area contributed by atoms with Gasteiger partial charge in [-0.2, -0.15) is 5.26 Å². The summed E-state index contributed by atoms with van der Waals surface area (Å²) in [5, 5.41) is 22.7. The molecule has 1 aliphatic carbocycles. The van der Waals surface area contributed by atoms with Gasteiger partial charge in [0, 0.05) is 15.8 Å². The quantitative estimate of drug-likeness (QED) is 0.501. The van der Waals surface area contributed by atoms with Crippen molar-refractivity contribution in [1.29, 1.82) is 5.26 Å². The van der Waals surface area contributed by atoms with Gasteiger partial charge in [0.25, 0.3) is 0 Å². The van der Waals surface area contributed by atoms with Crippen LogP contribution in [0.5, 0.6) is 0 Å². The zero-order chi connectivity index (χ0) is 19.1. The fourth-order valence-electron chi connectivity index (χ4n) is 3.47. The van der Waals surface area contributed by atoms with Gasteiger partial charge >= 0.3 is 0 Å². The lowest BCUT2D eigenvalue weighted by atomic mass is 10.1. The first kappa shape index (κ1) is 17.2. The van der Waals surface area contributed by atoms with E-state index in [1.165, 1.54) is 28.0 Å². The zero-order valence-electron chi connectivity index (χ0n) is 14.7. The molecular formula is C19H14N6OS2. The van der Waals surface area contributed by atoms with Gasteiger partial charge in [0.1, 0.15) is 16.6 Å². The number of carbonyl (C=O) groups is 1. The Hall–Kier alpha value is -2.96. The predicted octanol–water partition coefficient (Wildman–Crippen LogP) is 3.66. The average Bonchev–Trinajstić information content (AvgIpc) is 3.38. The highest BCUT2D eigenvalue weighted by molar-refractivity contribution is 7.99. The molecule has 28 heavy (non-hydrogen) atoms. The zero-order valence-corrected chi connectivity index (χ0v) is 16.3. The van der Waals surface area contributed by atoms with Crippen molar-refractivity contribution >= 4 is 56.1 Å². The number of hydrogen-bond donors (Lipinski definition) is 2. The van der Waals surface area contributed by atoms with Gasteiger partial charge in [-0.15, -0.1) is 21.5 Å². The number of nitriles is 1. The molecule has 0 unspecified atom stereocenters. The summed E-state index contributed by atoms with van der Waals surface area (Å²) in [6.07, 6.45) is 2.99. The van der Waals surface area contributed by atoms with Crippen molar-refractivity contribution in [2.45, 2.75) is 24.4 Å². The summed E-state index contributed by atoms with van der Waals surface area (Å²) in [6.45, 7) is 0. The van der Waals surface area contributed by atoms with Crippen LogP contribution in [0.3, 0.4) is 0 Å². The number of aryl methyl sites for hydroxylation is 1. The maximum atomic E-state index is 12.4. The van der Waals surface area contributed by atoms with E-state index in [1.54, 1.807) is 0 Å². The SMILES string of the molecule is N#Cc1c(NC(=O)CSc2nnc3c(n2)[nH]c2ccccc23)sc2c1CCC2. The van der Waals surface area contributed by atoms with Crippen molar-refractivity contribution in [2.24, 2.45) is 0 Å². The number of thioether (sulfide) groups is 1. The molecule has 0 saturated heterocycles. The molecule has 2 N–H and O–H groups in total. The van der Waals surface area contributed by atoms with Crippen LogP contribution in [0.15, 0.2) is 29.4 Å². The first-order valence-electron chi connectivity index (χ1n) is 8.81. The third-order valence-electron chi connectivity index (χ3n) is 4.72. The Morgan fingerprint density at radius 2 is 2.21 bits per heavy atom. The van der Waals surface area contributed by atoms with Crippen LogP contribution >= 0.6 is 23.1 Å². The van der Waals surface area contributed by atoms with Gasteiger partial charge in [0.05, 0.1) is 11.3 Å². The number of para-hydroxylation sites is 1. The Labute approximate surface area is 168 Å². The van der Waals surface area contributed by atoms with Gasteiger partial charge in [0.2, 0.25) is 11.1 Å². The number of aromatic nitrogens is 4. The molecule has 5 rings (SSSR count). The van der Waals surface area contributed by atoms with Gasteiger partial charge in [-0.3, -0.25) is 4.79 Å². The monoisotopic (exact) mass is 406 g/mol. The van der Waals surface area contributed by atoms with E-state index >= 15 is 0 Å². The van der Waals surface area contributed by atoms with E-state index < -0.39 is 0 Å². The number of carbonyl (C=O) groups excluding carboxylic acids is 1. The second-order valence-corrected chi connectivity index (χ2v) is 8.52. The minimum absolute atomic E-state index is 0.154. The highest BCUT2D eigenvalue weighted by Gasteiger charge is 2.23. The lowest BCUT2D eigenvalue weighted by Gasteiger charge is -2.03. The number of thiophene rings is 1. The Morgan fingerprint density at radius 1 is 1.32 bits per heavy atom. The Morgan fingerprint density at radius 3 is 3.11 bits per heavy atom. The second-order valence-electron chi connectivity index (χ2n) is 6.47. The number of amides is 1. The molecule has 0 spiro atoms. The number of nitrogens with one attached hydrogen (secondary N) is 2. The molecule has 3 heterocycles. The fourth-order valence-corrected chi connectivity index (χ4v) is 5.31. The van der Waals surface area contributed by atoms with Gasteiger partial charge in [-0.25, -0.2) is 4.98 Å². The minimum Gasteiger partial charge on any atom is -0.338 e. The number of aromatic amines is 1. The van der Waals surface area contributed by atoms with Gasteiger partial charge in [-0.05, 0) is 30.9 Å². The maximum Gasteiger partial charge on any atom is 0.235 e. The van der Waals surface area contributed by atoms with Crippen molar-refractivity contribution in [1.82, 2.24) is 20.2 Å². The molecule has 138 valence electrons. The molecule has 0 bridgehead atoms. The van der Waals surface area contributed by atoms with E-state index in [0.29, 0.717) is 21.4 Å². The first-order valence-corrected chi connectivity index (χ1v) is 10.6. The van der Waals surface area contributed by atoms with Crippen LogP contribution in [0.25, 0.3) is 22.1 Å². The lowest BCUT2D eigenvalue weighted by molar-refractivity contribution is -0.113. The molecule has 0 aliphatic heterocycles. The molecule has 0 saturated carbocycles.